The number of benzene rings is 2. The quantitative estimate of drug-likeness (QED) is 0.739. The number of allylic oxidation sites excluding steroid dienone is 4. The first-order valence-electron chi connectivity index (χ1n) is 8.91. The lowest BCUT2D eigenvalue weighted by Gasteiger charge is -2.14. The van der Waals surface area contributed by atoms with E-state index in [-0.39, 0.29) is 5.56 Å². The van der Waals surface area contributed by atoms with E-state index >= 15 is 0 Å². The van der Waals surface area contributed by atoms with Gasteiger partial charge in [-0.1, -0.05) is 48.6 Å². The zero-order valence-corrected chi connectivity index (χ0v) is 15.1. The normalized spacial score (nSPS) is 13.4. The largest absolute Gasteiger partial charge is 0.491 e. The molecule has 0 atom stereocenters. The van der Waals surface area contributed by atoms with Crippen LogP contribution in [-0.4, -0.2) is 17.1 Å². The van der Waals surface area contributed by atoms with Gasteiger partial charge in [-0.2, -0.15) is 0 Å². The van der Waals surface area contributed by atoms with Gasteiger partial charge in [-0.3, -0.25) is 4.79 Å². The standard InChI is InChI=1S/C22H20N2O3/c1-26-20-18(27-14-15-8-4-2-5-9-15)13-12-17-19(20)23-21(24-22(17)25)16-10-6-3-7-11-16/h2,4-6,8-13H,3,7,14H2,1H3,(H,23,24,25). The summed E-state index contributed by atoms with van der Waals surface area (Å²) in [7, 11) is 1.56. The van der Waals surface area contributed by atoms with Crippen LogP contribution in [0.1, 0.15) is 24.2 Å². The number of H-pyrrole nitrogens is 1. The molecule has 0 aliphatic heterocycles. The minimum atomic E-state index is -0.192. The van der Waals surface area contributed by atoms with Crippen LogP contribution >= 0.6 is 0 Å². The van der Waals surface area contributed by atoms with Crippen molar-refractivity contribution in [2.45, 2.75) is 19.4 Å². The van der Waals surface area contributed by atoms with Gasteiger partial charge in [0.25, 0.3) is 5.56 Å². The summed E-state index contributed by atoms with van der Waals surface area (Å²) < 4.78 is 11.5. The third-order valence-corrected chi connectivity index (χ3v) is 4.51. The maximum atomic E-state index is 12.6. The Morgan fingerprint density at radius 3 is 2.70 bits per heavy atom. The molecule has 0 fully saturated rings. The highest BCUT2D eigenvalue weighted by Gasteiger charge is 2.16. The smallest absolute Gasteiger partial charge is 0.259 e. The molecule has 4 rings (SSSR count). The molecule has 1 heterocycles. The summed E-state index contributed by atoms with van der Waals surface area (Å²) in [4.78, 5) is 20.1. The number of fused-ring (bicyclic) bond motifs is 1. The summed E-state index contributed by atoms with van der Waals surface area (Å²) >= 11 is 0. The predicted octanol–water partition coefficient (Wildman–Crippen LogP) is 4.24. The number of nitrogens with one attached hydrogen (secondary N) is 1. The van der Waals surface area contributed by atoms with Gasteiger partial charge in [-0.05, 0) is 30.5 Å². The topological polar surface area (TPSA) is 64.2 Å². The van der Waals surface area contributed by atoms with Crippen LogP contribution in [0.2, 0.25) is 0 Å². The molecule has 136 valence electrons. The van der Waals surface area contributed by atoms with Crippen molar-refractivity contribution in [3.63, 3.8) is 0 Å². The van der Waals surface area contributed by atoms with E-state index in [0.29, 0.717) is 34.8 Å². The molecule has 0 saturated carbocycles. The van der Waals surface area contributed by atoms with E-state index in [1.54, 1.807) is 19.2 Å². The molecule has 0 spiro atoms. The number of ether oxygens (including phenoxy) is 2. The predicted molar refractivity (Wildman–Crippen MR) is 106 cm³/mol. The van der Waals surface area contributed by atoms with E-state index in [4.69, 9.17) is 9.47 Å². The molecule has 0 saturated heterocycles. The highest BCUT2D eigenvalue weighted by Crippen LogP contribution is 2.34. The van der Waals surface area contributed by atoms with Crippen LogP contribution < -0.4 is 15.0 Å². The van der Waals surface area contributed by atoms with Crippen molar-refractivity contribution in [1.29, 1.82) is 0 Å². The Bertz CT molecular complexity index is 1080. The van der Waals surface area contributed by atoms with Crippen molar-refractivity contribution in [3.05, 3.63) is 82.4 Å². The summed E-state index contributed by atoms with van der Waals surface area (Å²) in [5.41, 5.74) is 2.28. The van der Waals surface area contributed by atoms with Crippen molar-refractivity contribution in [1.82, 2.24) is 9.97 Å². The Morgan fingerprint density at radius 2 is 1.96 bits per heavy atom. The van der Waals surface area contributed by atoms with Gasteiger partial charge in [0.1, 0.15) is 17.9 Å². The van der Waals surface area contributed by atoms with E-state index < -0.39 is 0 Å². The molecule has 0 unspecified atom stereocenters. The molecule has 1 aliphatic carbocycles. The van der Waals surface area contributed by atoms with Gasteiger partial charge in [0.2, 0.25) is 0 Å². The maximum absolute atomic E-state index is 12.6. The molecule has 1 aromatic heterocycles. The van der Waals surface area contributed by atoms with Crippen LogP contribution in [0, 0.1) is 0 Å². The van der Waals surface area contributed by atoms with Crippen molar-refractivity contribution < 1.29 is 9.47 Å². The number of aromatic amines is 1. The molecule has 5 nitrogen and oxygen atoms in total. The molecule has 0 radical (unpaired) electrons. The second-order valence-electron chi connectivity index (χ2n) is 6.32. The molecule has 0 bridgehead atoms. The minimum Gasteiger partial charge on any atom is -0.491 e. The number of nitrogens with zero attached hydrogens (tertiary/aromatic N) is 1. The fourth-order valence-electron chi connectivity index (χ4n) is 3.13. The Balaban J connectivity index is 1.76. The Kier molecular flexibility index (Phi) is 4.75. The van der Waals surface area contributed by atoms with Crippen molar-refractivity contribution in [2.24, 2.45) is 0 Å². The molecule has 27 heavy (non-hydrogen) atoms. The molecule has 0 amide bonds. The van der Waals surface area contributed by atoms with E-state index in [9.17, 15) is 4.79 Å². The minimum absolute atomic E-state index is 0.192. The second kappa shape index (κ2) is 7.50. The zero-order valence-electron chi connectivity index (χ0n) is 15.1. The Labute approximate surface area is 157 Å². The monoisotopic (exact) mass is 360 g/mol. The van der Waals surface area contributed by atoms with E-state index in [2.05, 4.69) is 22.1 Å². The van der Waals surface area contributed by atoms with Crippen molar-refractivity contribution in [2.75, 3.05) is 7.11 Å². The molecular formula is C22H20N2O3. The molecule has 3 aromatic rings. The van der Waals surface area contributed by atoms with Gasteiger partial charge >= 0.3 is 0 Å². The molecular weight excluding hydrogens is 340 g/mol. The van der Waals surface area contributed by atoms with E-state index in [1.165, 1.54) is 0 Å². The first-order valence-corrected chi connectivity index (χ1v) is 8.91. The first kappa shape index (κ1) is 17.1. The SMILES string of the molecule is COc1c(OCc2ccccc2)ccc2c(=O)[nH]c(C3=CCCC=C3)nc12. The second-order valence-corrected chi connectivity index (χ2v) is 6.32. The number of methoxy groups -OCH3 is 1. The van der Waals surface area contributed by atoms with Crippen LogP contribution in [0.25, 0.3) is 16.5 Å². The van der Waals surface area contributed by atoms with E-state index in [1.807, 2.05) is 36.4 Å². The number of rotatable bonds is 5. The first-order chi connectivity index (χ1) is 13.3. The molecule has 5 heteroatoms. The third-order valence-electron chi connectivity index (χ3n) is 4.51. The van der Waals surface area contributed by atoms with Crippen LogP contribution in [0.5, 0.6) is 11.5 Å². The summed E-state index contributed by atoms with van der Waals surface area (Å²) in [6.45, 7) is 0.409. The number of hydrogen-bond donors (Lipinski definition) is 1. The highest BCUT2D eigenvalue weighted by molar-refractivity contribution is 5.88. The van der Waals surface area contributed by atoms with Gasteiger partial charge in [0, 0.05) is 5.57 Å². The third kappa shape index (κ3) is 3.49. The lowest BCUT2D eigenvalue weighted by atomic mass is 10.1. The highest BCUT2D eigenvalue weighted by atomic mass is 16.5. The average molecular weight is 360 g/mol. The maximum Gasteiger partial charge on any atom is 0.259 e. The van der Waals surface area contributed by atoms with Crippen LogP contribution in [0.15, 0.2) is 65.5 Å². The lowest BCUT2D eigenvalue weighted by Crippen LogP contribution is -2.12. The van der Waals surface area contributed by atoms with Crippen molar-refractivity contribution in [3.8, 4) is 11.5 Å². The molecule has 1 N–H and O–H groups in total. The summed E-state index contributed by atoms with van der Waals surface area (Å²) in [5, 5.41) is 0.475. The molecule has 2 aromatic carbocycles. The summed E-state index contributed by atoms with van der Waals surface area (Å²) in [6.07, 6.45) is 8.07. The molecule has 1 aliphatic rings. The van der Waals surface area contributed by atoms with Gasteiger partial charge in [-0.25, -0.2) is 4.98 Å². The average Bonchev–Trinajstić information content (AvgIpc) is 2.73. The van der Waals surface area contributed by atoms with Crippen LogP contribution in [0.4, 0.5) is 0 Å². The van der Waals surface area contributed by atoms with Gasteiger partial charge < -0.3 is 14.5 Å². The van der Waals surface area contributed by atoms with Crippen molar-refractivity contribution >= 4 is 16.5 Å². The van der Waals surface area contributed by atoms with E-state index in [0.717, 1.165) is 24.0 Å². The Hall–Kier alpha value is -3.34. The number of aromatic nitrogens is 2. The van der Waals surface area contributed by atoms with Gasteiger partial charge in [-0.15, -0.1) is 0 Å². The van der Waals surface area contributed by atoms with Crippen LogP contribution in [0.3, 0.4) is 0 Å². The van der Waals surface area contributed by atoms with Crippen LogP contribution in [-0.2, 0) is 6.61 Å². The fourth-order valence-corrected chi connectivity index (χ4v) is 3.13. The summed E-state index contributed by atoms with van der Waals surface area (Å²) in [6, 6.07) is 13.4. The lowest BCUT2D eigenvalue weighted by molar-refractivity contribution is 0.286. The zero-order chi connectivity index (χ0) is 18.6. The van der Waals surface area contributed by atoms with Gasteiger partial charge in [0.15, 0.2) is 11.5 Å². The number of hydrogen-bond acceptors (Lipinski definition) is 4. The Morgan fingerprint density at radius 1 is 1.11 bits per heavy atom. The fraction of sp³-hybridized carbons (Fsp3) is 0.182. The van der Waals surface area contributed by atoms with Gasteiger partial charge in [0.05, 0.1) is 12.5 Å². The summed E-state index contributed by atoms with van der Waals surface area (Å²) in [5.74, 6) is 1.57.